The number of rotatable bonds is 3. The molecule has 1 amide bonds. The molecule has 2 heteroatoms. The summed E-state index contributed by atoms with van der Waals surface area (Å²) in [5.74, 6) is -0.481. The Balaban J connectivity index is 0.000000221. The van der Waals surface area contributed by atoms with E-state index < -0.39 is 5.91 Å². The second-order valence-electron chi connectivity index (χ2n) is 3.67. The van der Waals surface area contributed by atoms with Crippen LogP contribution in [0.1, 0.15) is 18.4 Å². The Morgan fingerprint density at radius 1 is 1.38 bits per heavy atom. The Morgan fingerprint density at radius 3 is 2.31 bits per heavy atom. The van der Waals surface area contributed by atoms with Crippen LogP contribution in [-0.2, 0) is 11.2 Å². The van der Waals surface area contributed by atoms with Crippen molar-refractivity contribution in [3.8, 4) is 0 Å². The van der Waals surface area contributed by atoms with Crippen molar-refractivity contribution in [3.63, 3.8) is 0 Å². The molecule has 0 heterocycles. The van der Waals surface area contributed by atoms with Gasteiger partial charge in [-0.3, -0.25) is 4.79 Å². The van der Waals surface area contributed by atoms with Gasteiger partial charge in [-0.05, 0) is 30.9 Å². The molecular weight excluding hydrogens is 198 g/mol. The third-order valence-electron chi connectivity index (χ3n) is 2.37. The van der Waals surface area contributed by atoms with E-state index in [2.05, 4.69) is 48.7 Å². The Bertz CT molecular complexity index is 379. The number of carbonyl (C=O) groups is 1. The van der Waals surface area contributed by atoms with Crippen LogP contribution in [0.15, 0.2) is 54.6 Å². The second-order valence-corrected chi connectivity index (χ2v) is 3.67. The number of hydrogen-bond donors (Lipinski definition) is 1. The SMILES string of the molecule is C1=C(Cc2ccccc2)CC1.C=CC(N)=O. The fraction of sp³-hybridized carbons (Fsp3) is 0.214. The lowest BCUT2D eigenvalue weighted by Gasteiger charge is -2.13. The van der Waals surface area contributed by atoms with Gasteiger partial charge in [0.25, 0.3) is 0 Å². The summed E-state index contributed by atoms with van der Waals surface area (Å²) in [5.41, 5.74) is 7.59. The first-order chi connectivity index (χ1) is 7.72. The van der Waals surface area contributed by atoms with Crippen LogP contribution in [0.25, 0.3) is 0 Å². The summed E-state index contributed by atoms with van der Waals surface area (Å²) < 4.78 is 0. The zero-order chi connectivity index (χ0) is 11.8. The lowest BCUT2D eigenvalue weighted by molar-refractivity contribution is -0.113. The first-order valence-corrected chi connectivity index (χ1v) is 5.36. The van der Waals surface area contributed by atoms with E-state index in [4.69, 9.17) is 0 Å². The van der Waals surface area contributed by atoms with E-state index in [0.717, 1.165) is 6.08 Å². The van der Waals surface area contributed by atoms with Crippen LogP contribution in [0.2, 0.25) is 0 Å². The summed E-state index contributed by atoms with van der Waals surface area (Å²) >= 11 is 0. The molecule has 0 spiro atoms. The van der Waals surface area contributed by atoms with E-state index in [1.165, 1.54) is 24.8 Å². The van der Waals surface area contributed by atoms with Gasteiger partial charge in [-0.25, -0.2) is 0 Å². The molecule has 0 bridgehead atoms. The van der Waals surface area contributed by atoms with Crippen LogP contribution in [0.5, 0.6) is 0 Å². The Hall–Kier alpha value is -1.83. The Kier molecular flexibility index (Phi) is 5.06. The molecule has 2 N–H and O–H groups in total. The highest BCUT2D eigenvalue weighted by Crippen LogP contribution is 2.21. The van der Waals surface area contributed by atoms with Gasteiger partial charge in [0.05, 0.1) is 0 Å². The van der Waals surface area contributed by atoms with E-state index in [1.54, 1.807) is 5.57 Å². The highest BCUT2D eigenvalue weighted by Gasteiger charge is 2.04. The fourth-order valence-corrected chi connectivity index (χ4v) is 1.37. The highest BCUT2D eigenvalue weighted by atomic mass is 16.1. The van der Waals surface area contributed by atoms with Gasteiger partial charge in [0.1, 0.15) is 0 Å². The first kappa shape index (κ1) is 12.2. The zero-order valence-electron chi connectivity index (χ0n) is 9.36. The van der Waals surface area contributed by atoms with Crippen molar-refractivity contribution in [2.24, 2.45) is 5.73 Å². The molecule has 2 rings (SSSR count). The van der Waals surface area contributed by atoms with Gasteiger partial charge >= 0.3 is 0 Å². The van der Waals surface area contributed by atoms with E-state index in [1.807, 2.05) is 0 Å². The Morgan fingerprint density at radius 2 is 1.94 bits per heavy atom. The minimum absolute atomic E-state index is 0.481. The van der Waals surface area contributed by atoms with Crippen molar-refractivity contribution in [1.82, 2.24) is 0 Å². The first-order valence-electron chi connectivity index (χ1n) is 5.36. The predicted molar refractivity (Wildman–Crippen MR) is 66.9 cm³/mol. The lowest BCUT2D eigenvalue weighted by Crippen LogP contribution is -2.04. The van der Waals surface area contributed by atoms with Crippen LogP contribution in [0, 0.1) is 0 Å². The van der Waals surface area contributed by atoms with Gasteiger partial charge in [0.2, 0.25) is 5.91 Å². The minimum atomic E-state index is -0.481. The average Bonchev–Trinajstić information content (AvgIpc) is 2.26. The fourth-order valence-electron chi connectivity index (χ4n) is 1.37. The topological polar surface area (TPSA) is 43.1 Å². The summed E-state index contributed by atoms with van der Waals surface area (Å²) in [6, 6.07) is 10.7. The maximum Gasteiger partial charge on any atom is 0.240 e. The molecule has 84 valence electrons. The van der Waals surface area contributed by atoms with Gasteiger partial charge in [-0.2, -0.15) is 0 Å². The van der Waals surface area contributed by atoms with Gasteiger partial charge in [-0.15, -0.1) is 0 Å². The third kappa shape index (κ3) is 4.60. The molecular formula is C14H17NO. The molecule has 0 radical (unpaired) electrons. The lowest BCUT2D eigenvalue weighted by atomic mass is 9.93. The summed E-state index contributed by atoms with van der Waals surface area (Å²) in [7, 11) is 0. The van der Waals surface area contributed by atoms with E-state index in [-0.39, 0.29) is 0 Å². The molecule has 1 aromatic rings. The van der Waals surface area contributed by atoms with Crippen molar-refractivity contribution in [2.75, 3.05) is 0 Å². The second kappa shape index (κ2) is 6.62. The molecule has 1 aliphatic rings. The molecule has 0 saturated carbocycles. The minimum Gasteiger partial charge on any atom is -0.366 e. The molecule has 1 aliphatic carbocycles. The normalized spacial score (nSPS) is 12.6. The molecule has 0 aliphatic heterocycles. The summed E-state index contributed by atoms with van der Waals surface area (Å²) in [6.45, 7) is 3.09. The van der Waals surface area contributed by atoms with Gasteiger partial charge in [0, 0.05) is 0 Å². The van der Waals surface area contributed by atoms with E-state index >= 15 is 0 Å². The summed E-state index contributed by atoms with van der Waals surface area (Å²) in [5, 5.41) is 0. The van der Waals surface area contributed by atoms with Crippen molar-refractivity contribution in [3.05, 3.63) is 60.2 Å². The molecule has 0 atom stereocenters. The Labute approximate surface area is 96.5 Å². The number of carbonyl (C=O) groups excluding carboxylic acids is 1. The van der Waals surface area contributed by atoms with Crippen LogP contribution in [0.3, 0.4) is 0 Å². The smallest absolute Gasteiger partial charge is 0.240 e. The third-order valence-corrected chi connectivity index (χ3v) is 2.37. The quantitative estimate of drug-likeness (QED) is 0.611. The number of hydrogen-bond acceptors (Lipinski definition) is 1. The molecule has 0 saturated heterocycles. The summed E-state index contributed by atoms with van der Waals surface area (Å²) in [6.07, 6.45) is 7.17. The number of benzene rings is 1. The highest BCUT2D eigenvalue weighted by molar-refractivity contribution is 5.84. The van der Waals surface area contributed by atoms with Gasteiger partial charge in [-0.1, -0.05) is 48.6 Å². The molecule has 2 nitrogen and oxygen atoms in total. The molecule has 0 fully saturated rings. The van der Waals surface area contributed by atoms with Crippen LogP contribution >= 0.6 is 0 Å². The number of nitrogens with two attached hydrogens (primary N) is 1. The van der Waals surface area contributed by atoms with Crippen molar-refractivity contribution < 1.29 is 4.79 Å². The standard InChI is InChI=1S/C11H12.C3H5NO/c1-2-5-10(6-3-1)9-11-7-4-8-11;1-2-3(4)5/h1-3,5-7H,4,8-9H2;2H,1H2,(H2,4,5). The van der Waals surface area contributed by atoms with E-state index in [0.29, 0.717) is 0 Å². The largest absolute Gasteiger partial charge is 0.366 e. The van der Waals surface area contributed by atoms with E-state index in [9.17, 15) is 4.79 Å². The molecule has 0 aromatic heterocycles. The molecule has 16 heavy (non-hydrogen) atoms. The zero-order valence-corrected chi connectivity index (χ0v) is 9.36. The van der Waals surface area contributed by atoms with Gasteiger partial charge in [0.15, 0.2) is 0 Å². The summed E-state index contributed by atoms with van der Waals surface area (Å²) in [4.78, 5) is 9.47. The maximum atomic E-state index is 9.47. The number of primary amides is 1. The van der Waals surface area contributed by atoms with Crippen LogP contribution < -0.4 is 5.73 Å². The van der Waals surface area contributed by atoms with Crippen LogP contribution in [0.4, 0.5) is 0 Å². The monoisotopic (exact) mass is 215 g/mol. The van der Waals surface area contributed by atoms with Crippen molar-refractivity contribution >= 4 is 5.91 Å². The number of amides is 1. The molecule has 0 unspecified atom stereocenters. The maximum absolute atomic E-state index is 9.47. The van der Waals surface area contributed by atoms with Gasteiger partial charge < -0.3 is 5.73 Å². The molecule has 1 aromatic carbocycles. The number of allylic oxidation sites excluding steroid dienone is 2. The van der Waals surface area contributed by atoms with Crippen LogP contribution in [-0.4, -0.2) is 5.91 Å². The average molecular weight is 215 g/mol. The van der Waals surface area contributed by atoms with Crippen molar-refractivity contribution in [1.29, 1.82) is 0 Å². The van der Waals surface area contributed by atoms with Crippen molar-refractivity contribution in [2.45, 2.75) is 19.3 Å². The predicted octanol–water partition coefficient (Wildman–Crippen LogP) is 2.61.